The van der Waals surface area contributed by atoms with Crippen LogP contribution in [-0.2, 0) is 17.8 Å². The number of carbonyl (C=O) groups is 1. The fourth-order valence-corrected chi connectivity index (χ4v) is 3.93. The second kappa shape index (κ2) is 9.25. The van der Waals surface area contributed by atoms with E-state index in [1.54, 1.807) is 0 Å². The van der Waals surface area contributed by atoms with Crippen LogP contribution < -0.4 is 0 Å². The number of benzene rings is 2. The second-order valence-corrected chi connectivity index (χ2v) is 7.71. The van der Waals surface area contributed by atoms with Gasteiger partial charge in [0, 0.05) is 62.2 Å². The SMILES string of the molecule is O=C(Cc1ccccc1Cl)N1CCN(CCn2ccnc2-c2ccccc2)CC1. The highest BCUT2D eigenvalue weighted by Gasteiger charge is 2.21. The Morgan fingerprint density at radius 3 is 2.41 bits per heavy atom. The van der Waals surface area contributed by atoms with Crippen molar-refractivity contribution in [2.45, 2.75) is 13.0 Å². The Balaban J connectivity index is 1.27. The molecule has 150 valence electrons. The average Bonchev–Trinajstić information content (AvgIpc) is 3.23. The van der Waals surface area contributed by atoms with E-state index in [1.165, 1.54) is 0 Å². The highest BCUT2D eigenvalue weighted by Crippen LogP contribution is 2.18. The zero-order valence-corrected chi connectivity index (χ0v) is 17.1. The van der Waals surface area contributed by atoms with Crippen molar-refractivity contribution in [3.05, 3.63) is 77.6 Å². The summed E-state index contributed by atoms with van der Waals surface area (Å²) in [5.41, 5.74) is 2.03. The molecule has 1 aromatic heterocycles. The van der Waals surface area contributed by atoms with Crippen molar-refractivity contribution >= 4 is 17.5 Å². The van der Waals surface area contributed by atoms with Gasteiger partial charge in [-0.3, -0.25) is 9.69 Å². The molecule has 29 heavy (non-hydrogen) atoms. The van der Waals surface area contributed by atoms with Crippen LogP contribution in [0.3, 0.4) is 0 Å². The molecular weight excluding hydrogens is 384 g/mol. The van der Waals surface area contributed by atoms with Crippen LogP contribution in [-0.4, -0.2) is 58.0 Å². The number of rotatable bonds is 6. The average molecular weight is 409 g/mol. The lowest BCUT2D eigenvalue weighted by molar-refractivity contribution is -0.132. The van der Waals surface area contributed by atoms with Crippen molar-refractivity contribution in [2.75, 3.05) is 32.7 Å². The Morgan fingerprint density at radius 1 is 0.931 bits per heavy atom. The van der Waals surface area contributed by atoms with Crippen molar-refractivity contribution in [3.63, 3.8) is 0 Å². The molecule has 2 aromatic carbocycles. The molecular formula is C23H25ClN4O. The summed E-state index contributed by atoms with van der Waals surface area (Å²) >= 11 is 6.19. The zero-order chi connectivity index (χ0) is 20.1. The fraction of sp³-hybridized carbons (Fsp3) is 0.304. The van der Waals surface area contributed by atoms with Gasteiger partial charge in [-0.05, 0) is 11.6 Å². The standard InChI is InChI=1S/C23H25ClN4O/c24-21-9-5-4-8-20(21)18-22(29)27-15-12-26(13-16-27)14-17-28-11-10-25-23(28)19-6-2-1-3-7-19/h1-11H,12-18H2. The molecule has 1 saturated heterocycles. The quantitative estimate of drug-likeness (QED) is 0.626. The molecule has 1 fully saturated rings. The van der Waals surface area contributed by atoms with Crippen molar-refractivity contribution in [1.29, 1.82) is 0 Å². The first-order valence-corrected chi connectivity index (χ1v) is 10.4. The van der Waals surface area contributed by atoms with E-state index in [0.29, 0.717) is 11.4 Å². The van der Waals surface area contributed by atoms with Gasteiger partial charge in [0.05, 0.1) is 6.42 Å². The van der Waals surface area contributed by atoms with E-state index in [1.807, 2.05) is 59.8 Å². The Bertz CT molecular complexity index is 948. The molecule has 0 bridgehead atoms. The summed E-state index contributed by atoms with van der Waals surface area (Å²) in [6.45, 7) is 5.14. The van der Waals surface area contributed by atoms with E-state index >= 15 is 0 Å². The van der Waals surface area contributed by atoms with Crippen molar-refractivity contribution < 1.29 is 4.79 Å². The molecule has 0 aliphatic carbocycles. The van der Waals surface area contributed by atoms with E-state index in [4.69, 9.17) is 11.6 Å². The van der Waals surface area contributed by atoms with Crippen LogP contribution in [0.15, 0.2) is 67.0 Å². The van der Waals surface area contributed by atoms with Gasteiger partial charge in [0.15, 0.2) is 0 Å². The second-order valence-electron chi connectivity index (χ2n) is 7.30. The minimum Gasteiger partial charge on any atom is -0.340 e. The van der Waals surface area contributed by atoms with Gasteiger partial charge >= 0.3 is 0 Å². The summed E-state index contributed by atoms with van der Waals surface area (Å²) in [5, 5.41) is 0.661. The van der Waals surface area contributed by atoms with Gasteiger partial charge < -0.3 is 9.47 Å². The van der Waals surface area contributed by atoms with Gasteiger partial charge in [-0.15, -0.1) is 0 Å². The van der Waals surface area contributed by atoms with Crippen LogP contribution in [0.25, 0.3) is 11.4 Å². The van der Waals surface area contributed by atoms with E-state index in [2.05, 4.69) is 26.6 Å². The van der Waals surface area contributed by atoms with Crippen LogP contribution in [0.5, 0.6) is 0 Å². The zero-order valence-electron chi connectivity index (χ0n) is 16.4. The Labute approximate surface area is 176 Å². The van der Waals surface area contributed by atoms with Gasteiger partial charge in [0.25, 0.3) is 0 Å². The van der Waals surface area contributed by atoms with Gasteiger partial charge in [-0.1, -0.05) is 60.1 Å². The molecule has 4 rings (SSSR count). The fourth-order valence-electron chi connectivity index (χ4n) is 3.72. The number of hydrogen-bond acceptors (Lipinski definition) is 3. The predicted octanol–water partition coefficient (Wildman–Crippen LogP) is 3.59. The summed E-state index contributed by atoms with van der Waals surface area (Å²) in [5.74, 6) is 1.15. The Hall–Kier alpha value is -2.63. The lowest BCUT2D eigenvalue weighted by Gasteiger charge is -2.35. The van der Waals surface area contributed by atoms with Crippen LogP contribution in [0.4, 0.5) is 0 Å². The summed E-state index contributed by atoms with van der Waals surface area (Å²) < 4.78 is 2.20. The van der Waals surface area contributed by atoms with Gasteiger partial charge in [-0.2, -0.15) is 0 Å². The molecule has 0 radical (unpaired) electrons. The Kier molecular flexibility index (Phi) is 6.27. The predicted molar refractivity (Wildman–Crippen MR) is 116 cm³/mol. The van der Waals surface area contributed by atoms with Crippen LogP contribution >= 0.6 is 11.6 Å². The smallest absolute Gasteiger partial charge is 0.227 e. The number of hydrogen-bond donors (Lipinski definition) is 0. The highest BCUT2D eigenvalue weighted by atomic mass is 35.5. The summed E-state index contributed by atoms with van der Waals surface area (Å²) in [7, 11) is 0. The Morgan fingerprint density at radius 2 is 1.66 bits per heavy atom. The normalized spacial score (nSPS) is 14.9. The number of halogens is 1. The number of amides is 1. The summed E-state index contributed by atoms with van der Waals surface area (Å²) in [6, 6.07) is 17.8. The van der Waals surface area contributed by atoms with Crippen molar-refractivity contribution in [3.8, 4) is 11.4 Å². The van der Waals surface area contributed by atoms with E-state index in [9.17, 15) is 4.79 Å². The van der Waals surface area contributed by atoms with Gasteiger partial charge in [0.1, 0.15) is 5.82 Å². The van der Waals surface area contributed by atoms with E-state index in [-0.39, 0.29) is 5.91 Å². The number of carbonyl (C=O) groups excluding carboxylic acids is 1. The molecule has 1 amide bonds. The maximum atomic E-state index is 12.6. The number of aromatic nitrogens is 2. The van der Waals surface area contributed by atoms with Crippen LogP contribution in [0.2, 0.25) is 5.02 Å². The molecule has 0 spiro atoms. The molecule has 1 aliphatic heterocycles. The monoisotopic (exact) mass is 408 g/mol. The number of piperazine rings is 1. The third-order valence-electron chi connectivity index (χ3n) is 5.43. The summed E-state index contributed by atoms with van der Waals surface area (Å²) in [4.78, 5) is 21.5. The van der Waals surface area contributed by atoms with Gasteiger partial charge in [0.2, 0.25) is 5.91 Å². The number of imidazole rings is 1. The molecule has 5 nitrogen and oxygen atoms in total. The molecule has 2 heterocycles. The molecule has 0 N–H and O–H groups in total. The third-order valence-corrected chi connectivity index (χ3v) is 5.80. The molecule has 0 atom stereocenters. The minimum atomic E-state index is 0.152. The van der Waals surface area contributed by atoms with Gasteiger partial charge in [-0.25, -0.2) is 4.98 Å². The molecule has 0 unspecified atom stereocenters. The first-order chi connectivity index (χ1) is 14.2. The minimum absolute atomic E-state index is 0.152. The van der Waals surface area contributed by atoms with Crippen LogP contribution in [0, 0.1) is 0 Å². The van der Waals surface area contributed by atoms with Crippen molar-refractivity contribution in [2.24, 2.45) is 0 Å². The molecule has 3 aromatic rings. The molecule has 1 aliphatic rings. The third kappa shape index (κ3) is 4.86. The van der Waals surface area contributed by atoms with E-state index < -0.39 is 0 Å². The molecule has 6 heteroatoms. The van der Waals surface area contributed by atoms with E-state index in [0.717, 1.165) is 56.2 Å². The first-order valence-electron chi connectivity index (χ1n) is 10.0. The van der Waals surface area contributed by atoms with Crippen molar-refractivity contribution in [1.82, 2.24) is 19.4 Å². The van der Waals surface area contributed by atoms with Crippen LogP contribution in [0.1, 0.15) is 5.56 Å². The molecule has 0 saturated carbocycles. The maximum Gasteiger partial charge on any atom is 0.227 e. The summed E-state index contributed by atoms with van der Waals surface area (Å²) in [6.07, 6.45) is 4.26. The maximum absolute atomic E-state index is 12.6. The first kappa shape index (κ1) is 19.7. The lowest BCUT2D eigenvalue weighted by atomic mass is 10.1. The topological polar surface area (TPSA) is 41.4 Å². The lowest BCUT2D eigenvalue weighted by Crippen LogP contribution is -2.49. The largest absolute Gasteiger partial charge is 0.340 e. The highest BCUT2D eigenvalue weighted by molar-refractivity contribution is 6.31. The number of nitrogens with zero attached hydrogens (tertiary/aromatic N) is 4.